The second kappa shape index (κ2) is 5.01. The summed E-state index contributed by atoms with van der Waals surface area (Å²) in [4.78, 5) is 0. The quantitative estimate of drug-likeness (QED) is 0.876. The van der Waals surface area contributed by atoms with Crippen LogP contribution in [0.25, 0.3) is 5.69 Å². The molecule has 2 N–H and O–H groups in total. The zero-order valence-corrected chi connectivity index (χ0v) is 10.2. The van der Waals surface area contributed by atoms with Gasteiger partial charge in [0.15, 0.2) is 0 Å². The van der Waals surface area contributed by atoms with E-state index >= 15 is 0 Å². The molecule has 4 nitrogen and oxygen atoms in total. The lowest BCUT2D eigenvalue weighted by molar-refractivity contribution is 0.338. The molecule has 0 aliphatic heterocycles. The molecule has 0 bridgehead atoms. The summed E-state index contributed by atoms with van der Waals surface area (Å²) in [7, 11) is 0. The number of para-hydroxylation sites is 2. The molecule has 17 heavy (non-hydrogen) atoms. The Bertz CT molecular complexity index is 505. The van der Waals surface area contributed by atoms with E-state index in [9.17, 15) is 0 Å². The minimum atomic E-state index is 0.503. The molecular formula is C13H17N3O. The molecule has 0 atom stereocenters. The monoisotopic (exact) mass is 231 g/mol. The molecule has 1 aromatic heterocycles. The smallest absolute Gasteiger partial charge is 0.144 e. The van der Waals surface area contributed by atoms with Crippen LogP contribution < -0.4 is 10.5 Å². The van der Waals surface area contributed by atoms with Crippen LogP contribution in [-0.2, 0) is 6.54 Å². The number of nitrogens with two attached hydrogens (primary N) is 1. The van der Waals surface area contributed by atoms with Crippen LogP contribution in [-0.4, -0.2) is 16.4 Å². The number of hydrogen-bond acceptors (Lipinski definition) is 3. The van der Waals surface area contributed by atoms with Gasteiger partial charge in [-0.15, -0.1) is 0 Å². The summed E-state index contributed by atoms with van der Waals surface area (Å²) in [6, 6.07) is 7.87. The van der Waals surface area contributed by atoms with E-state index in [4.69, 9.17) is 10.5 Å². The first-order valence-electron chi connectivity index (χ1n) is 5.73. The number of benzene rings is 1. The van der Waals surface area contributed by atoms with Gasteiger partial charge in [0.1, 0.15) is 11.4 Å². The fourth-order valence-corrected chi connectivity index (χ4v) is 1.80. The van der Waals surface area contributed by atoms with E-state index < -0.39 is 0 Å². The average molecular weight is 231 g/mol. The van der Waals surface area contributed by atoms with Crippen LogP contribution >= 0.6 is 0 Å². The van der Waals surface area contributed by atoms with Crippen molar-refractivity contribution in [3.63, 3.8) is 0 Å². The second-order valence-electron chi connectivity index (χ2n) is 3.77. The molecule has 90 valence electrons. The minimum absolute atomic E-state index is 0.503. The van der Waals surface area contributed by atoms with Gasteiger partial charge in [0.25, 0.3) is 0 Å². The molecule has 0 saturated carbocycles. The third kappa shape index (κ3) is 2.17. The van der Waals surface area contributed by atoms with Gasteiger partial charge >= 0.3 is 0 Å². The van der Waals surface area contributed by atoms with Crippen LogP contribution in [0.15, 0.2) is 30.5 Å². The van der Waals surface area contributed by atoms with Crippen molar-refractivity contribution in [3.8, 4) is 11.4 Å². The maximum absolute atomic E-state index is 5.65. The number of hydrogen-bond donors (Lipinski definition) is 1. The van der Waals surface area contributed by atoms with E-state index in [0.717, 1.165) is 22.7 Å². The first kappa shape index (κ1) is 11.7. The van der Waals surface area contributed by atoms with Crippen molar-refractivity contribution in [2.75, 3.05) is 6.61 Å². The van der Waals surface area contributed by atoms with E-state index in [1.807, 2.05) is 42.8 Å². The Kier molecular flexibility index (Phi) is 3.44. The van der Waals surface area contributed by atoms with Crippen LogP contribution in [0.2, 0.25) is 0 Å². The standard InChI is InChI=1S/C13H17N3O/c1-3-17-13-7-5-4-6-12(13)16-10(2)11(8-14)9-15-16/h4-7,9H,3,8,14H2,1-2H3. The number of aromatic nitrogens is 2. The van der Waals surface area contributed by atoms with Gasteiger partial charge in [-0.2, -0.15) is 5.10 Å². The minimum Gasteiger partial charge on any atom is -0.492 e. The normalized spacial score (nSPS) is 10.5. The summed E-state index contributed by atoms with van der Waals surface area (Å²) in [6.07, 6.45) is 1.80. The number of nitrogens with zero attached hydrogens (tertiary/aromatic N) is 2. The molecular weight excluding hydrogens is 214 g/mol. The molecule has 0 radical (unpaired) electrons. The number of rotatable bonds is 4. The lowest BCUT2D eigenvalue weighted by Crippen LogP contribution is -2.04. The summed E-state index contributed by atoms with van der Waals surface area (Å²) in [5.41, 5.74) is 8.71. The van der Waals surface area contributed by atoms with E-state index in [1.54, 1.807) is 6.20 Å². The van der Waals surface area contributed by atoms with Crippen LogP contribution in [0.5, 0.6) is 5.75 Å². The molecule has 0 saturated heterocycles. The summed E-state index contributed by atoms with van der Waals surface area (Å²) in [5.74, 6) is 0.838. The SMILES string of the molecule is CCOc1ccccc1-n1ncc(CN)c1C. The summed E-state index contributed by atoms with van der Waals surface area (Å²) < 4.78 is 7.47. The summed E-state index contributed by atoms with van der Waals surface area (Å²) in [5, 5.41) is 4.36. The maximum atomic E-state index is 5.65. The highest BCUT2D eigenvalue weighted by Gasteiger charge is 2.10. The topological polar surface area (TPSA) is 53.1 Å². The molecule has 1 heterocycles. The van der Waals surface area contributed by atoms with Crippen LogP contribution in [0.1, 0.15) is 18.2 Å². The van der Waals surface area contributed by atoms with Crippen molar-refractivity contribution in [2.45, 2.75) is 20.4 Å². The van der Waals surface area contributed by atoms with Crippen molar-refractivity contribution in [1.82, 2.24) is 9.78 Å². The molecule has 1 aromatic carbocycles. The van der Waals surface area contributed by atoms with Gasteiger partial charge in [-0.25, -0.2) is 4.68 Å². The Balaban J connectivity index is 2.48. The van der Waals surface area contributed by atoms with E-state index in [-0.39, 0.29) is 0 Å². The number of ether oxygens (including phenoxy) is 1. The van der Waals surface area contributed by atoms with Crippen molar-refractivity contribution in [1.29, 1.82) is 0 Å². The Morgan fingerprint density at radius 2 is 2.12 bits per heavy atom. The zero-order chi connectivity index (χ0) is 12.3. The fourth-order valence-electron chi connectivity index (χ4n) is 1.80. The maximum Gasteiger partial charge on any atom is 0.144 e. The van der Waals surface area contributed by atoms with E-state index in [2.05, 4.69) is 5.10 Å². The molecule has 0 aliphatic carbocycles. The molecule has 2 rings (SSSR count). The average Bonchev–Trinajstić information content (AvgIpc) is 2.72. The van der Waals surface area contributed by atoms with Gasteiger partial charge in [0, 0.05) is 17.8 Å². The third-order valence-electron chi connectivity index (χ3n) is 2.72. The molecule has 0 aliphatic rings. The van der Waals surface area contributed by atoms with Crippen LogP contribution in [0.3, 0.4) is 0 Å². The lowest BCUT2D eigenvalue weighted by Gasteiger charge is -2.11. The predicted molar refractivity (Wildman–Crippen MR) is 67.4 cm³/mol. The Morgan fingerprint density at radius 3 is 2.76 bits per heavy atom. The summed E-state index contributed by atoms with van der Waals surface area (Å²) in [6.45, 7) is 5.12. The molecule has 0 fully saturated rings. The van der Waals surface area contributed by atoms with Gasteiger partial charge in [0.2, 0.25) is 0 Å². The molecule has 4 heteroatoms. The lowest BCUT2D eigenvalue weighted by atomic mass is 10.2. The second-order valence-corrected chi connectivity index (χ2v) is 3.77. The van der Waals surface area contributed by atoms with Gasteiger partial charge in [-0.05, 0) is 26.0 Å². The molecule has 0 unspecified atom stereocenters. The highest BCUT2D eigenvalue weighted by Crippen LogP contribution is 2.24. The highest BCUT2D eigenvalue weighted by atomic mass is 16.5. The molecule has 2 aromatic rings. The highest BCUT2D eigenvalue weighted by molar-refractivity contribution is 5.47. The Morgan fingerprint density at radius 1 is 1.35 bits per heavy atom. The third-order valence-corrected chi connectivity index (χ3v) is 2.72. The van der Waals surface area contributed by atoms with E-state index in [1.165, 1.54) is 0 Å². The van der Waals surface area contributed by atoms with Crippen molar-refractivity contribution < 1.29 is 4.74 Å². The Hall–Kier alpha value is -1.81. The van der Waals surface area contributed by atoms with Gasteiger partial charge in [-0.1, -0.05) is 12.1 Å². The van der Waals surface area contributed by atoms with Crippen molar-refractivity contribution >= 4 is 0 Å². The first-order valence-corrected chi connectivity index (χ1v) is 5.73. The van der Waals surface area contributed by atoms with Crippen molar-refractivity contribution in [3.05, 3.63) is 41.7 Å². The summed E-state index contributed by atoms with van der Waals surface area (Å²) >= 11 is 0. The van der Waals surface area contributed by atoms with Gasteiger partial charge in [0.05, 0.1) is 12.8 Å². The molecule has 0 spiro atoms. The predicted octanol–water partition coefficient (Wildman–Crippen LogP) is 2.04. The van der Waals surface area contributed by atoms with Crippen molar-refractivity contribution in [2.24, 2.45) is 5.73 Å². The largest absolute Gasteiger partial charge is 0.492 e. The Labute approximate surface area is 101 Å². The fraction of sp³-hybridized carbons (Fsp3) is 0.308. The van der Waals surface area contributed by atoms with Gasteiger partial charge < -0.3 is 10.5 Å². The van der Waals surface area contributed by atoms with Crippen LogP contribution in [0.4, 0.5) is 0 Å². The molecule has 0 amide bonds. The first-order chi connectivity index (χ1) is 8.27. The van der Waals surface area contributed by atoms with Crippen LogP contribution in [0, 0.1) is 6.92 Å². The van der Waals surface area contributed by atoms with E-state index in [0.29, 0.717) is 13.2 Å². The van der Waals surface area contributed by atoms with Gasteiger partial charge in [-0.3, -0.25) is 0 Å². The zero-order valence-electron chi connectivity index (χ0n) is 10.2.